The van der Waals surface area contributed by atoms with Gasteiger partial charge in [0.05, 0.1) is 16.6 Å². The Morgan fingerprint density at radius 2 is 2.38 bits per heavy atom. The fourth-order valence-electron chi connectivity index (χ4n) is 2.36. The van der Waals surface area contributed by atoms with E-state index in [0.29, 0.717) is 16.5 Å². The Morgan fingerprint density at radius 1 is 1.57 bits per heavy atom. The molecule has 2 heterocycles. The Hall–Kier alpha value is -1.95. The summed E-state index contributed by atoms with van der Waals surface area (Å²) in [5, 5.41) is 7.57. The summed E-state index contributed by atoms with van der Waals surface area (Å²) in [5.74, 6) is 1.02. The van der Waals surface area contributed by atoms with Crippen molar-refractivity contribution in [1.82, 2.24) is 25.1 Å². The minimum absolute atomic E-state index is 0.121. The van der Waals surface area contributed by atoms with Crippen molar-refractivity contribution >= 4 is 17.5 Å². The van der Waals surface area contributed by atoms with Crippen LogP contribution < -0.4 is 5.32 Å². The fraction of sp³-hybridized carbons (Fsp3) is 0.429. The van der Waals surface area contributed by atoms with Crippen LogP contribution in [0, 0.1) is 5.92 Å². The second-order valence-corrected chi connectivity index (χ2v) is 5.49. The van der Waals surface area contributed by atoms with E-state index in [1.807, 2.05) is 11.6 Å². The Balaban J connectivity index is 1.83. The van der Waals surface area contributed by atoms with Gasteiger partial charge in [-0.25, -0.2) is 9.67 Å². The Morgan fingerprint density at radius 3 is 3.05 bits per heavy atom. The van der Waals surface area contributed by atoms with E-state index in [2.05, 4.69) is 20.4 Å². The van der Waals surface area contributed by atoms with E-state index in [4.69, 9.17) is 11.6 Å². The molecule has 1 unspecified atom stereocenters. The summed E-state index contributed by atoms with van der Waals surface area (Å²) in [6, 6.07) is 1.50. The number of carbonyl (C=O) groups excluding carboxylic acids is 1. The SMILES string of the molecule is CCn1ncnc1C(NC(=O)c1ccncc1Cl)C1CC1. The van der Waals surface area contributed by atoms with Crippen molar-refractivity contribution in [3.05, 3.63) is 41.2 Å². The minimum Gasteiger partial charge on any atom is -0.342 e. The molecule has 1 saturated carbocycles. The first-order valence-corrected chi connectivity index (χ1v) is 7.36. The van der Waals surface area contributed by atoms with E-state index in [1.165, 1.54) is 12.5 Å². The van der Waals surface area contributed by atoms with Gasteiger partial charge in [-0.1, -0.05) is 11.6 Å². The highest BCUT2D eigenvalue weighted by Crippen LogP contribution is 2.40. The first-order chi connectivity index (χ1) is 10.2. The summed E-state index contributed by atoms with van der Waals surface area (Å²) in [5.41, 5.74) is 0.430. The summed E-state index contributed by atoms with van der Waals surface area (Å²) in [7, 11) is 0. The molecule has 1 aliphatic carbocycles. The zero-order valence-electron chi connectivity index (χ0n) is 11.7. The Labute approximate surface area is 127 Å². The third-order valence-corrected chi connectivity index (χ3v) is 3.92. The number of aromatic nitrogens is 4. The summed E-state index contributed by atoms with van der Waals surface area (Å²) < 4.78 is 1.82. The highest BCUT2D eigenvalue weighted by molar-refractivity contribution is 6.33. The lowest BCUT2D eigenvalue weighted by molar-refractivity contribution is 0.0928. The van der Waals surface area contributed by atoms with Gasteiger partial charge in [-0.05, 0) is 31.7 Å². The topological polar surface area (TPSA) is 72.7 Å². The summed E-state index contributed by atoms with van der Waals surface area (Å²) >= 11 is 6.02. The van der Waals surface area contributed by atoms with E-state index >= 15 is 0 Å². The molecule has 21 heavy (non-hydrogen) atoms. The second kappa shape index (κ2) is 5.81. The van der Waals surface area contributed by atoms with E-state index < -0.39 is 0 Å². The maximum absolute atomic E-state index is 12.4. The maximum Gasteiger partial charge on any atom is 0.253 e. The number of nitrogens with zero attached hydrogens (tertiary/aromatic N) is 4. The van der Waals surface area contributed by atoms with E-state index in [0.717, 1.165) is 25.2 Å². The lowest BCUT2D eigenvalue weighted by Gasteiger charge is -2.18. The number of pyridine rings is 1. The molecule has 1 aliphatic rings. The molecule has 1 amide bonds. The predicted octanol–water partition coefficient (Wildman–Crippen LogP) is 2.23. The van der Waals surface area contributed by atoms with Crippen LogP contribution in [0.25, 0.3) is 0 Å². The summed E-state index contributed by atoms with van der Waals surface area (Å²) in [6.45, 7) is 2.73. The number of rotatable bonds is 5. The lowest BCUT2D eigenvalue weighted by atomic mass is 10.1. The first kappa shape index (κ1) is 14.0. The summed E-state index contributed by atoms with van der Waals surface area (Å²) in [6.07, 6.45) is 6.73. The second-order valence-electron chi connectivity index (χ2n) is 5.08. The summed E-state index contributed by atoms with van der Waals surface area (Å²) in [4.78, 5) is 20.6. The molecule has 2 aromatic heterocycles. The zero-order chi connectivity index (χ0) is 14.8. The van der Waals surface area contributed by atoms with Gasteiger partial charge in [0, 0.05) is 18.9 Å². The van der Waals surface area contributed by atoms with Crippen LogP contribution in [0.4, 0.5) is 0 Å². The molecule has 0 bridgehead atoms. The maximum atomic E-state index is 12.4. The van der Waals surface area contributed by atoms with Gasteiger partial charge >= 0.3 is 0 Å². The molecule has 0 saturated heterocycles. The Bertz CT molecular complexity index is 652. The predicted molar refractivity (Wildman–Crippen MR) is 77.9 cm³/mol. The average molecular weight is 306 g/mol. The molecular formula is C14H16ClN5O. The average Bonchev–Trinajstić information content (AvgIpc) is 3.22. The van der Waals surface area contributed by atoms with Gasteiger partial charge in [0.25, 0.3) is 5.91 Å². The molecule has 0 aromatic carbocycles. The smallest absolute Gasteiger partial charge is 0.253 e. The third kappa shape index (κ3) is 2.90. The van der Waals surface area contributed by atoms with Crippen LogP contribution in [0.15, 0.2) is 24.8 Å². The lowest BCUT2D eigenvalue weighted by Crippen LogP contribution is -2.32. The molecule has 3 rings (SSSR count). The van der Waals surface area contributed by atoms with Gasteiger partial charge < -0.3 is 5.32 Å². The van der Waals surface area contributed by atoms with E-state index in [-0.39, 0.29) is 11.9 Å². The van der Waals surface area contributed by atoms with Gasteiger partial charge in [0.15, 0.2) is 0 Å². The van der Waals surface area contributed by atoms with Crippen LogP contribution in [0.1, 0.15) is 42.0 Å². The number of halogens is 1. The van der Waals surface area contributed by atoms with Crippen LogP contribution in [-0.4, -0.2) is 25.7 Å². The van der Waals surface area contributed by atoms with Gasteiger partial charge in [0.1, 0.15) is 12.2 Å². The minimum atomic E-state index is -0.204. The van der Waals surface area contributed by atoms with Gasteiger partial charge in [-0.2, -0.15) is 5.10 Å². The number of hydrogen-bond acceptors (Lipinski definition) is 4. The molecule has 1 atom stereocenters. The van der Waals surface area contributed by atoms with Crippen LogP contribution in [0.3, 0.4) is 0 Å². The van der Waals surface area contributed by atoms with Crippen LogP contribution >= 0.6 is 11.6 Å². The number of aryl methyl sites for hydroxylation is 1. The molecule has 2 aromatic rings. The molecule has 110 valence electrons. The molecule has 6 nitrogen and oxygen atoms in total. The number of amides is 1. The van der Waals surface area contributed by atoms with Crippen LogP contribution in [0.2, 0.25) is 5.02 Å². The normalized spacial score (nSPS) is 15.7. The van der Waals surface area contributed by atoms with Gasteiger partial charge in [-0.3, -0.25) is 9.78 Å². The third-order valence-electron chi connectivity index (χ3n) is 3.62. The van der Waals surface area contributed by atoms with Crippen molar-refractivity contribution < 1.29 is 4.79 Å². The first-order valence-electron chi connectivity index (χ1n) is 6.98. The van der Waals surface area contributed by atoms with Crippen molar-refractivity contribution in [2.75, 3.05) is 0 Å². The van der Waals surface area contributed by atoms with E-state index in [1.54, 1.807) is 12.3 Å². The molecule has 0 aliphatic heterocycles. The van der Waals surface area contributed by atoms with Gasteiger partial charge in [-0.15, -0.1) is 0 Å². The van der Waals surface area contributed by atoms with Crippen molar-refractivity contribution in [1.29, 1.82) is 0 Å². The highest BCUT2D eigenvalue weighted by atomic mass is 35.5. The van der Waals surface area contributed by atoms with E-state index in [9.17, 15) is 4.79 Å². The molecule has 0 radical (unpaired) electrons. The standard InChI is InChI=1S/C14H16ClN5O/c1-2-20-13(17-8-18-20)12(9-3-4-9)19-14(21)10-5-6-16-7-11(10)15/h5-9,12H,2-4H2,1H3,(H,19,21). The quantitative estimate of drug-likeness (QED) is 0.919. The van der Waals surface area contributed by atoms with Crippen molar-refractivity contribution in [2.24, 2.45) is 5.92 Å². The van der Waals surface area contributed by atoms with Crippen LogP contribution in [0.5, 0.6) is 0 Å². The zero-order valence-corrected chi connectivity index (χ0v) is 12.4. The Kier molecular flexibility index (Phi) is 3.88. The molecule has 1 fully saturated rings. The number of carbonyl (C=O) groups is 1. The van der Waals surface area contributed by atoms with Crippen molar-refractivity contribution in [3.8, 4) is 0 Å². The molecule has 1 N–H and O–H groups in total. The number of hydrogen-bond donors (Lipinski definition) is 1. The molecule has 0 spiro atoms. The molecule has 7 heteroatoms. The molecular weight excluding hydrogens is 290 g/mol. The fourth-order valence-corrected chi connectivity index (χ4v) is 2.56. The van der Waals surface area contributed by atoms with Gasteiger partial charge in [0.2, 0.25) is 0 Å². The van der Waals surface area contributed by atoms with Crippen LogP contribution in [-0.2, 0) is 6.54 Å². The number of nitrogens with one attached hydrogen (secondary N) is 1. The highest BCUT2D eigenvalue weighted by Gasteiger charge is 2.36. The van der Waals surface area contributed by atoms with Crippen molar-refractivity contribution in [3.63, 3.8) is 0 Å². The largest absolute Gasteiger partial charge is 0.342 e. The monoisotopic (exact) mass is 305 g/mol. The van der Waals surface area contributed by atoms with Crippen molar-refractivity contribution in [2.45, 2.75) is 32.4 Å².